The monoisotopic (exact) mass is 294 g/mol. The van der Waals surface area contributed by atoms with Crippen molar-refractivity contribution in [2.45, 2.75) is 51.7 Å². The van der Waals surface area contributed by atoms with Crippen LogP contribution in [0.1, 0.15) is 39.5 Å². The summed E-state index contributed by atoms with van der Waals surface area (Å²) in [6.07, 6.45) is 4.32. The number of ether oxygens (including phenoxy) is 1. The molecule has 1 amide bonds. The highest BCUT2D eigenvalue weighted by Gasteiger charge is 2.20. The minimum Gasteiger partial charge on any atom is -0.487 e. The fourth-order valence-corrected chi connectivity index (χ4v) is 2.39. The van der Waals surface area contributed by atoms with Gasteiger partial charge in [0.15, 0.2) is 11.6 Å². The highest BCUT2D eigenvalue weighted by atomic mass is 19.1. The fourth-order valence-electron chi connectivity index (χ4n) is 2.39. The number of rotatable bonds is 5. The van der Waals surface area contributed by atoms with Gasteiger partial charge in [-0.25, -0.2) is 4.39 Å². The summed E-state index contributed by atoms with van der Waals surface area (Å²) in [7, 11) is 0. The third-order valence-corrected chi connectivity index (χ3v) is 3.82. The summed E-state index contributed by atoms with van der Waals surface area (Å²) in [4.78, 5) is 11.8. The van der Waals surface area contributed by atoms with E-state index in [1.165, 1.54) is 6.07 Å². The highest BCUT2D eigenvalue weighted by molar-refractivity contribution is 5.94. The van der Waals surface area contributed by atoms with Crippen LogP contribution in [-0.2, 0) is 4.79 Å². The van der Waals surface area contributed by atoms with E-state index in [0.717, 1.165) is 25.7 Å². The second kappa shape index (κ2) is 6.89. The minimum atomic E-state index is -0.609. The topological polar surface area (TPSA) is 64.4 Å². The number of nitrogens with two attached hydrogens (primary N) is 1. The smallest absolute Gasteiger partial charge is 0.241 e. The molecule has 0 aromatic heterocycles. The Labute approximate surface area is 124 Å². The van der Waals surface area contributed by atoms with Crippen molar-refractivity contribution in [1.82, 2.24) is 0 Å². The molecule has 0 heterocycles. The SMILES string of the molecule is CC(C)[C@H](N)C(=O)Nc1ccc(OC2CCCC2)c(F)c1. The summed E-state index contributed by atoms with van der Waals surface area (Å²) < 4.78 is 19.6. The van der Waals surface area contributed by atoms with Crippen molar-refractivity contribution < 1.29 is 13.9 Å². The molecule has 1 atom stereocenters. The number of carbonyl (C=O) groups is 1. The predicted octanol–water partition coefficient (Wildman–Crippen LogP) is 3.07. The van der Waals surface area contributed by atoms with Crippen LogP contribution < -0.4 is 15.8 Å². The third-order valence-electron chi connectivity index (χ3n) is 3.82. The molecule has 1 aromatic carbocycles. The number of nitrogens with one attached hydrogen (secondary N) is 1. The lowest BCUT2D eigenvalue weighted by Gasteiger charge is -2.17. The molecular formula is C16H23FN2O2. The van der Waals surface area contributed by atoms with Gasteiger partial charge in [0.1, 0.15) is 0 Å². The van der Waals surface area contributed by atoms with Gasteiger partial charge < -0.3 is 15.8 Å². The zero-order chi connectivity index (χ0) is 15.4. The van der Waals surface area contributed by atoms with Gasteiger partial charge in [0.25, 0.3) is 0 Å². The predicted molar refractivity (Wildman–Crippen MR) is 80.7 cm³/mol. The van der Waals surface area contributed by atoms with Gasteiger partial charge in [0, 0.05) is 11.8 Å². The maximum absolute atomic E-state index is 14.0. The van der Waals surface area contributed by atoms with E-state index in [-0.39, 0.29) is 23.7 Å². The summed E-state index contributed by atoms with van der Waals surface area (Å²) >= 11 is 0. The lowest BCUT2D eigenvalue weighted by molar-refractivity contribution is -0.118. The molecule has 0 spiro atoms. The first-order valence-electron chi connectivity index (χ1n) is 7.50. The Kier molecular flexibility index (Phi) is 5.17. The Morgan fingerprint density at radius 2 is 2.05 bits per heavy atom. The quantitative estimate of drug-likeness (QED) is 0.877. The molecule has 0 unspecified atom stereocenters. The number of amides is 1. The van der Waals surface area contributed by atoms with Gasteiger partial charge in [-0.1, -0.05) is 13.8 Å². The number of halogens is 1. The molecule has 0 bridgehead atoms. The van der Waals surface area contributed by atoms with Crippen molar-refractivity contribution >= 4 is 11.6 Å². The molecule has 1 aliphatic rings. The summed E-state index contributed by atoms with van der Waals surface area (Å²) in [5.74, 6) is -0.500. The van der Waals surface area contributed by atoms with Gasteiger partial charge in [-0.3, -0.25) is 4.79 Å². The molecular weight excluding hydrogens is 271 g/mol. The van der Waals surface area contributed by atoms with E-state index < -0.39 is 11.9 Å². The summed E-state index contributed by atoms with van der Waals surface area (Å²) in [6.45, 7) is 3.73. The number of anilines is 1. The highest BCUT2D eigenvalue weighted by Crippen LogP contribution is 2.27. The first-order chi connectivity index (χ1) is 9.97. The van der Waals surface area contributed by atoms with Crippen LogP contribution in [0, 0.1) is 11.7 Å². The molecule has 1 saturated carbocycles. The van der Waals surface area contributed by atoms with Crippen molar-refractivity contribution in [3.05, 3.63) is 24.0 Å². The zero-order valence-electron chi connectivity index (χ0n) is 12.6. The van der Waals surface area contributed by atoms with Crippen LogP contribution >= 0.6 is 0 Å². The van der Waals surface area contributed by atoms with Gasteiger partial charge in [0.05, 0.1) is 12.1 Å². The van der Waals surface area contributed by atoms with E-state index in [0.29, 0.717) is 5.69 Å². The minimum absolute atomic E-state index is 0.0276. The van der Waals surface area contributed by atoms with Crippen LogP contribution in [0.5, 0.6) is 5.75 Å². The van der Waals surface area contributed by atoms with Gasteiger partial charge in [0.2, 0.25) is 5.91 Å². The number of benzene rings is 1. The molecule has 3 N–H and O–H groups in total. The summed E-state index contributed by atoms with van der Waals surface area (Å²) in [5, 5.41) is 2.63. The fraction of sp³-hybridized carbons (Fsp3) is 0.562. The molecule has 1 fully saturated rings. The molecule has 0 radical (unpaired) electrons. The third kappa shape index (κ3) is 4.17. The molecule has 5 heteroatoms. The molecule has 4 nitrogen and oxygen atoms in total. The Hall–Kier alpha value is -1.62. The van der Waals surface area contributed by atoms with E-state index in [9.17, 15) is 9.18 Å². The largest absolute Gasteiger partial charge is 0.487 e. The van der Waals surface area contributed by atoms with Gasteiger partial charge in [-0.15, -0.1) is 0 Å². The summed E-state index contributed by atoms with van der Waals surface area (Å²) in [5.41, 5.74) is 6.15. The lowest BCUT2D eigenvalue weighted by atomic mass is 10.0. The molecule has 21 heavy (non-hydrogen) atoms. The number of hydrogen-bond donors (Lipinski definition) is 2. The molecule has 0 saturated heterocycles. The van der Waals surface area contributed by atoms with Crippen LogP contribution in [-0.4, -0.2) is 18.1 Å². The number of hydrogen-bond acceptors (Lipinski definition) is 3. The van der Waals surface area contributed by atoms with Crippen molar-refractivity contribution in [2.75, 3.05) is 5.32 Å². The number of carbonyl (C=O) groups excluding carboxylic acids is 1. The van der Waals surface area contributed by atoms with Crippen molar-refractivity contribution in [2.24, 2.45) is 11.7 Å². The van der Waals surface area contributed by atoms with E-state index in [4.69, 9.17) is 10.5 Å². The van der Waals surface area contributed by atoms with E-state index >= 15 is 0 Å². The average Bonchev–Trinajstić information content (AvgIpc) is 2.93. The zero-order valence-corrected chi connectivity index (χ0v) is 12.6. The van der Waals surface area contributed by atoms with Crippen molar-refractivity contribution in [1.29, 1.82) is 0 Å². The second-order valence-electron chi connectivity index (χ2n) is 5.93. The lowest BCUT2D eigenvalue weighted by Crippen LogP contribution is -2.39. The van der Waals surface area contributed by atoms with E-state index in [1.54, 1.807) is 12.1 Å². The standard InChI is InChI=1S/C16H23FN2O2/c1-10(2)15(18)16(20)19-11-7-8-14(13(17)9-11)21-12-5-3-4-6-12/h7-10,12,15H,3-6,18H2,1-2H3,(H,19,20)/t15-/m0/s1. The van der Waals surface area contributed by atoms with Crippen LogP contribution in [0.3, 0.4) is 0 Å². The van der Waals surface area contributed by atoms with E-state index in [1.807, 2.05) is 13.8 Å². The average molecular weight is 294 g/mol. The van der Waals surface area contributed by atoms with Gasteiger partial charge in [-0.05, 0) is 43.7 Å². The first-order valence-corrected chi connectivity index (χ1v) is 7.50. The molecule has 1 aromatic rings. The van der Waals surface area contributed by atoms with Crippen molar-refractivity contribution in [3.63, 3.8) is 0 Å². The normalized spacial score (nSPS) is 17.0. The van der Waals surface area contributed by atoms with Gasteiger partial charge in [-0.2, -0.15) is 0 Å². The van der Waals surface area contributed by atoms with Gasteiger partial charge >= 0.3 is 0 Å². The Morgan fingerprint density at radius 1 is 1.38 bits per heavy atom. The van der Waals surface area contributed by atoms with E-state index in [2.05, 4.69) is 5.32 Å². The Bertz CT molecular complexity index is 499. The van der Waals surface area contributed by atoms with Crippen LogP contribution in [0.25, 0.3) is 0 Å². The Morgan fingerprint density at radius 3 is 2.62 bits per heavy atom. The molecule has 0 aliphatic heterocycles. The van der Waals surface area contributed by atoms with Crippen molar-refractivity contribution in [3.8, 4) is 5.75 Å². The Balaban J connectivity index is 1.99. The summed E-state index contributed by atoms with van der Waals surface area (Å²) in [6, 6.07) is 3.86. The van der Waals surface area contributed by atoms with Crippen LogP contribution in [0.2, 0.25) is 0 Å². The van der Waals surface area contributed by atoms with Crippen LogP contribution in [0.15, 0.2) is 18.2 Å². The molecule has 2 rings (SSSR count). The maximum atomic E-state index is 14.0. The van der Waals surface area contributed by atoms with Crippen LogP contribution in [0.4, 0.5) is 10.1 Å². The second-order valence-corrected chi connectivity index (χ2v) is 5.93. The first kappa shape index (κ1) is 15.8. The molecule has 116 valence electrons. The molecule has 1 aliphatic carbocycles. The maximum Gasteiger partial charge on any atom is 0.241 e.